The molecule has 1 aliphatic rings. The topological polar surface area (TPSA) is 42.7 Å². The fraction of sp³-hybridized carbons (Fsp3) is 0.833. The third-order valence-electron chi connectivity index (χ3n) is 3.36. The lowest BCUT2D eigenvalue weighted by Crippen LogP contribution is -2.31. The molecule has 0 spiro atoms. The van der Waals surface area contributed by atoms with E-state index in [-0.39, 0.29) is 0 Å². The Morgan fingerprint density at radius 1 is 1.38 bits per heavy atom. The summed E-state index contributed by atoms with van der Waals surface area (Å²) < 4.78 is 2.08. The van der Waals surface area contributed by atoms with Crippen molar-refractivity contribution in [1.82, 2.24) is 14.8 Å². The molecule has 4 heteroatoms. The molecular weight excluding hydrogens is 200 g/mol. The molecule has 1 aromatic rings. The average molecular weight is 222 g/mol. The van der Waals surface area contributed by atoms with E-state index in [4.69, 9.17) is 0 Å². The largest absolute Gasteiger partial charge is 0.352 e. The van der Waals surface area contributed by atoms with Gasteiger partial charge in [0, 0.05) is 12.0 Å². The normalized spacial score (nSPS) is 24.3. The molecule has 0 radical (unpaired) electrons. The quantitative estimate of drug-likeness (QED) is 0.855. The zero-order valence-corrected chi connectivity index (χ0v) is 10.7. The zero-order chi connectivity index (χ0) is 11.7. The van der Waals surface area contributed by atoms with E-state index in [1.807, 2.05) is 0 Å². The minimum Gasteiger partial charge on any atom is -0.352 e. The predicted molar refractivity (Wildman–Crippen MR) is 65.8 cm³/mol. The van der Waals surface area contributed by atoms with Gasteiger partial charge < -0.3 is 5.32 Å². The maximum Gasteiger partial charge on any atom is 0.221 e. The zero-order valence-electron chi connectivity index (χ0n) is 10.7. The summed E-state index contributed by atoms with van der Waals surface area (Å²) in [6.07, 6.45) is 3.45. The third-order valence-corrected chi connectivity index (χ3v) is 3.36. The van der Waals surface area contributed by atoms with E-state index in [0.717, 1.165) is 24.6 Å². The molecular formula is C12H22N4. The van der Waals surface area contributed by atoms with Crippen molar-refractivity contribution in [3.63, 3.8) is 0 Å². The second kappa shape index (κ2) is 4.44. The van der Waals surface area contributed by atoms with Crippen LogP contribution in [0.3, 0.4) is 0 Å². The van der Waals surface area contributed by atoms with Crippen molar-refractivity contribution in [2.24, 2.45) is 0 Å². The summed E-state index contributed by atoms with van der Waals surface area (Å²) in [6.45, 7) is 8.72. The number of aromatic nitrogens is 3. The average Bonchev–Trinajstić information content (AvgIpc) is 2.71. The van der Waals surface area contributed by atoms with Crippen molar-refractivity contribution in [2.45, 2.75) is 65.0 Å². The molecule has 0 amide bonds. The molecule has 0 saturated heterocycles. The van der Waals surface area contributed by atoms with E-state index < -0.39 is 0 Å². The Bertz CT molecular complexity index is 356. The first-order chi connectivity index (χ1) is 7.65. The highest BCUT2D eigenvalue weighted by atomic mass is 15.4. The molecule has 16 heavy (non-hydrogen) atoms. The van der Waals surface area contributed by atoms with Crippen LogP contribution in [0.25, 0.3) is 0 Å². The lowest BCUT2D eigenvalue weighted by molar-refractivity contribution is 0.359. The van der Waals surface area contributed by atoms with Crippen LogP contribution < -0.4 is 5.32 Å². The first-order valence-electron chi connectivity index (χ1n) is 6.38. The lowest BCUT2D eigenvalue weighted by Gasteiger charge is -2.29. The van der Waals surface area contributed by atoms with Crippen molar-refractivity contribution in [2.75, 3.05) is 5.32 Å². The van der Waals surface area contributed by atoms with Gasteiger partial charge in [0.05, 0.1) is 6.04 Å². The summed E-state index contributed by atoms with van der Waals surface area (Å²) >= 11 is 0. The lowest BCUT2D eigenvalue weighted by atomic mass is 10.0. The molecule has 0 fully saturated rings. The highest BCUT2D eigenvalue weighted by molar-refractivity contribution is 5.30. The van der Waals surface area contributed by atoms with Crippen LogP contribution in [-0.4, -0.2) is 20.8 Å². The van der Waals surface area contributed by atoms with E-state index in [2.05, 4.69) is 47.8 Å². The number of rotatable bonds is 3. The van der Waals surface area contributed by atoms with Gasteiger partial charge >= 0.3 is 0 Å². The van der Waals surface area contributed by atoms with Gasteiger partial charge in [-0.2, -0.15) is 10.1 Å². The minimum atomic E-state index is 0.400. The van der Waals surface area contributed by atoms with Crippen LogP contribution in [0.15, 0.2) is 0 Å². The Balaban J connectivity index is 2.31. The van der Waals surface area contributed by atoms with Gasteiger partial charge in [0.25, 0.3) is 0 Å². The van der Waals surface area contributed by atoms with E-state index >= 15 is 0 Å². The molecule has 2 unspecified atom stereocenters. The smallest absolute Gasteiger partial charge is 0.221 e. The van der Waals surface area contributed by atoms with Crippen LogP contribution in [-0.2, 0) is 0 Å². The summed E-state index contributed by atoms with van der Waals surface area (Å²) in [4.78, 5) is 4.59. The van der Waals surface area contributed by atoms with Gasteiger partial charge in [-0.25, -0.2) is 4.68 Å². The maximum absolute atomic E-state index is 4.61. The van der Waals surface area contributed by atoms with Gasteiger partial charge in [0.15, 0.2) is 5.82 Å². The van der Waals surface area contributed by atoms with Crippen molar-refractivity contribution in [3.05, 3.63) is 5.82 Å². The van der Waals surface area contributed by atoms with E-state index in [1.165, 1.54) is 6.42 Å². The molecule has 1 aliphatic heterocycles. The first-order valence-corrected chi connectivity index (χ1v) is 6.38. The predicted octanol–water partition coefficient (Wildman–Crippen LogP) is 2.95. The van der Waals surface area contributed by atoms with Gasteiger partial charge in [0.2, 0.25) is 5.95 Å². The molecule has 0 bridgehead atoms. The highest BCUT2D eigenvalue weighted by Crippen LogP contribution is 2.29. The molecule has 0 saturated carbocycles. The first kappa shape index (κ1) is 11.4. The van der Waals surface area contributed by atoms with Gasteiger partial charge in [-0.1, -0.05) is 27.7 Å². The van der Waals surface area contributed by atoms with Gasteiger partial charge in [-0.3, -0.25) is 0 Å². The molecule has 0 aliphatic carbocycles. The van der Waals surface area contributed by atoms with E-state index in [1.54, 1.807) is 0 Å². The Kier molecular flexibility index (Phi) is 3.17. The number of hydrogen-bond donors (Lipinski definition) is 1. The van der Waals surface area contributed by atoms with Crippen molar-refractivity contribution < 1.29 is 0 Å². The second-order valence-electron chi connectivity index (χ2n) is 4.94. The summed E-state index contributed by atoms with van der Waals surface area (Å²) in [5, 5.41) is 8.09. The maximum atomic E-state index is 4.61. The van der Waals surface area contributed by atoms with Crippen LogP contribution in [0.5, 0.6) is 0 Å². The monoisotopic (exact) mass is 222 g/mol. The van der Waals surface area contributed by atoms with Gasteiger partial charge in [-0.15, -0.1) is 0 Å². The SMILES string of the molecule is CCC1CC(CC)n2nc(C(C)C)nc2N1. The number of nitrogens with zero attached hydrogens (tertiary/aromatic N) is 3. The molecule has 1 N–H and O–H groups in total. The molecule has 2 rings (SSSR count). The molecule has 0 aromatic carbocycles. The van der Waals surface area contributed by atoms with Gasteiger partial charge in [0.1, 0.15) is 0 Å². The van der Waals surface area contributed by atoms with Crippen molar-refractivity contribution in [1.29, 1.82) is 0 Å². The van der Waals surface area contributed by atoms with Crippen LogP contribution in [0.1, 0.15) is 64.7 Å². The molecule has 90 valence electrons. The van der Waals surface area contributed by atoms with Crippen molar-refractivity contribution >= 4 is 5.95 Å². The minimum absolute atomic E-state index is 0.400. The van der Waals surface area contributed by atoms with E-state index in [0.29, 0.717) is 18.0 Å². The van der Waals surface area contributed by atoms with Crippen molar-refractivity contribution in [3.8, 4) is 0 Å². The summed E-state index contributed by atoms with van der Waals surface area (Å²) in [6, 6.07) is 1.07. The standard InChI is InChI=1S/C12H22N4/c1-5-9-7-10(6-2)16-12(13-9)14-11(15-16)8(3)4/h8-10H,5-7H2,1-4H3,(H,13,14,15). The second-order valence-corrected chi connectivity index (χ2v) is 4.94. The van der Waals surface area contributed by atoms with E-state index in [9.17, 15) is 0 Å². The molecule has 4 nitrogen and oxygen atoms in total. The number of fused-ring (bicyclic) bond motifs is 1. The number of hydrogen-bond acceptors (Lipinski definition) is 3. The fourth-order valence-electron chi connectivity index (χ4n) is 2.22. The van der Waals surface area contributed by atoms with Crippen LogP contribution in [0, 0.1) is 0 Å². The third kappa shape index (κ3) is 1.93. The Labute approximate surface area is 97.5 Å². The Morgan fingerprint density at radius 2 is 2.12 bits per heavy atom. The summed E-state index contributed by atoms with van der Waals surface area (Å²) in [7, 11) is 0. The molecule has 2 atom stereocenters. The van der Waals surface area contributed by atoms with Gasteiger partial charge in [-0.05, 0) is 19.3 Å². The molecule has 2 heterocycles. The number of anilines is 1. The Hall–Kier alpha value is -1.06. The van der Waals surface area contributed by atoms with Crippen LogP contribution >= 0.6 is 0 Å². The summed E-state index contributed by atoms with van der Waals surface area (Å²) in [5.74, 6) is 2.32. The molecule has 1 aromatic heterocycles. The van der Waals surface area contributed by atoms with Crippen LogP contribution in [0.2, 0.25) is 0 Å². The number of nitrogens with one attached hydrogen (secondary N) is 1. The highest BCUT2D eigenvalue weighted by Gasteiger charge is 2.27. The summed E-state index contributed by atoms with van der Waals surface area (Å²) in [5.41, 5.74) is 0. The Morgan fingerprint density at radius 3 is 2.69 bits per heavy atom. The van der Waals surface area contributed by atoms with Crippen LogP contribution in [0.4, 0.5) is 5.95 Å². The fourth-order valence-corrected chi connectivity index (χ4v) is 2.22.